The van der Waals surface area contributed by atoms with Crippen molar-refractivity contribution in [2.24, 2.45) is 0 Å². The first-order valence-electron chi connectivity index (χ1n) is 6.43. The molecule has 1 aliphatic rings. The third-order valence-corrected chi connectivity index (χ3v) is 3.16. The molecule has 1 atom stereocenters. The third kappa shape index (κ3) is 4.57. The minimum absolute atomic E-state index is 0.249. The summed E-state index contributed by atoms with van der Waals surface area (Å²) in [7, 11) is 0. The van der Waals surface area contributed by atoms with Crippen LogP contribution in [0.15, 0.2) is 24.3 Å². The second-order valence-corrected chi connectivity index (χ2v) is 5.10. The summed E-state index contributed by atoms with van der Waals surface area (Å²) in [4.78, 5) is 0. The molecule has 94 valence electrons. The van der Waals surface area contributed by atoms with E-state index in [0.717, 1.165) is 36.2 Å². The first-order chi connectivity index (χ1) is 8.28. The zero-order valence-electron chi connectivity index (χ0n) is 10.3. The van der Waals surface area contributed by atoms with Crippen molar-refractivity contribution >= 4 is 11.6 Å². The van der Waals surface area contributed by atoms with E-state index in [9.17, 15) is 0 Å². The van der Waals surface area contributed by atoms with Gasteiger partial charge in [0.25, 0.3) is 0 Å². The Kier molecular flexibility index (Phi) is 4.69. The summed E-state index contributed by atoms with van der Waals surface area (Å²) >= 11 is 5.95. The van der Waals surface area contributed by atoms with Gasteiger partial charge in [-0.15, -0.1) is 0 Å². The van der Waals surface area contributed by atoms with Crippen molar-refractivity contribution in [3.05, 3.63) is 29.3 Å². The smallest absolute Gasteiger partial charge is 0.121 e. The van der Waals surface area contributed by atoms with Gasteiger partial charge in [0.05, 0.1) is 0 Å². The van der Waals surface area contributed by atoms with Crippen LogP contribution < -0.4 is 10.1 Å². The molecule has 1 aromatic carbocycles. The molecular formula is C14H20ClNO. The maximum atomic E-state index is 5.97. The molecule has 0 bridgehead atoms. The van der Waals surface area contributed by atoms with Gasteiger partial charge in [0.1, 0.15) is 11.9 Å². The van der Waals surface area contributed by atoms with Gasteiger partial charge in [-0.1, -0.05) is 31.0 Å². The number of hydrogen-bond acceptors (Lipinski definition) is 2. The van der Waals surface area contributed by atoms with E-state index in [0.29, 0.717) is 0 Å². The number of rotatable bonds is 7. The number of halogens is 1. The summed E-state index contributed by atoms with van der Waals surface area (Å²) in [6.07, 6.45) is 5.09. The molecule has 0 aromatic heterocycles. The van der Waals surface area contributed by atoms with Crippen LogP contribution in [-0.4, -0.2) is 18.7 Å². The molecule has 1 N–H and O–H groups in total. The Morgan fingerprint density at radius 2 is 2.29 bits per heavy atom. The lowest BCUT2D eigenvalue weighted by Crippen LogP contribution is -2.32. The fourth-order valence-electron chi connectivity index (χ4n) is 1.84. The van der Waals surface area contributed by atoms with E-state index < -0.39 is 0 Å². The summed E-state index contributed by atoms with van der Waals surface area (Å²) in [5.41, 5.74) is 0. The standard InChI is InChI=1S/C14H20ClNO/c1-2-4-14(10-16-12-7-8-12)17-13-6-3-5-11(15)9-13/h3,5-6,9,12,14,16H,2,4,7-8,10H2,1H3. The van der Waals surface area contributed by atoms with Gasteiger partial charge in [0.15, 0.2) is 0 Å². The molecule has 1 aromatic rings. The van der Waals surface area contributed by atoms with Crippen molar-refractivity contribution in [2.45, 2.75) is 44.8 Å². The van der Waals surface area contributed by atoms with Crippen molar-refractivity contribution in [1.29, 1.82) is 0 Å². The Morgan fingerprint density at radius 3 is 2.94 bits per heavy atom. The highest BCUT2D eigenvalue weighted by Crippen LogP contribution is 2.21. The molecule has 0 spiro atoms. The highest BCUT2D eigenvalue weighted by molar-refractivity contribution is 6.30. The SMILES string of the molecule is CCCC(CNC1CC1)Oc1cccc(Cl)c1. The first kappa shape index (κ1) is 12.7. The van der Waals surface area contributed by atoms with Crippen LogP contribution in [0.3, 0.4) is 0 Å². The van der Waals surface area contributed by atoms with Crippen LogP contribution in [-0.2, 0) is 0 Å². The zero-order valence-corrected chi connectivity index (χ0v) is 11.0. The van der Waals surface area contributed by atoms with Gasteiger partial charge in [0.2, 0.25) is 0 Å². The van der Waals surface area contributed by atoms with Gasteiger partial charge in [-0.2, -0.15) is 0 Å². The molecule has 0 radical (unpaired) electrons. The molecule has 0 amide bonds. The normalized spacial score (nSPS) is 16.8. The largest absolute Gasteiger partial charge is 0.489 e. The third-order valence-electron chi connectivity index (χ3n) is 2.92. The highest BCUT2D eigenvalue weighted by atomic mass is 35.5. The average Bonchev–Trinajstić information content (AvgIpc) is 3.10. The minimum atomic E-state index is 0.249. The maximum Gasteiger partial charge on any atom is 0.121 e. The van der Waals surface area contributed by atoms with E-state index in [1.165, 1.54) is 12.8 Å². The van der Waals surface area contributed by atoms with E-state index in [2.05, 4.69) is 12.2 Å². The highest BCUT2D eigenvalue weighted by Gasteiger charge is 2.22. The monoisotopic (exact) mass is 253 g/mol. The molecule has 1 fully saturated rings. The van der Waals surface area contributed by atoms with Crippen LogP contribution in [0.25, 0.3) is 0 Å². The van der Waals surface area contributed by atoms with E-state index in [-0.39, 0.29) is 6.10 Å². The van der Waals surface area contributed by atoms with Crippen molar-refractivity contribution in [3.8, 4) is 5.75 Å². The summed E-state index contributed by atoms with van der Waals surface area (Å²) in [5.74, 6) is 0.869. The lowest BCUT2D eigenvalue weighted by molar-refractivity contribution is 0.186. The van der Waals surface area contributed by atoms with E-state index in [4.69, 9.17) is 16.3 Å². The van der Waals surface area contributed by atoms with Crippen molar-refractivity contribution in [3.63, 3.8) is 0 Å². The Balaban J connectivity index is 1.86. The quantitative estimate of drug-likeness (QED) is 0.801. The fraction of sp³-hybridized carbons (Fsp3) is 0.571. The van der Waals surface area contributed by atoms with Gasteiger partial charge in [-0.3, -0.25) is 0 Å². The predicted octanol–water partition coefficient (Wildman–Crippen LogP) is 3.64. The number of hydrogen-bond donors (Lipinski definition) is 1. The Labute approximate surface area is 108 Å². The fourth-order valence-corrected chi connectivity index (χ4v) is 2.02. The van der Waals surface area contributed by atoms with Gasteiger partial charge >= 0.3 is 0 Å². The topological polar surface area (TPSA) is 21.3 Å². The molecule has 1 saturated carbocycles. The molecule has 2 nitrogen and oxygen atoms in total. The van der Waals surface area contributed by atoms with Gasteiger partial charge in [0, 0.05) is 17.6 Å². The second-order valence-electron chi connectivity index (χ2n) is 4.67. The van der Waals surface area contributed by atoms with Crippen LogP contribution in [0.1, 0.15) is 32.6 Å². The summed E-state index contributed by atoms with van der Waals surface area (Å²) in [5, 5.41) is 4.25. The van der Waals surface area contributed by atoms with Crippen LogP contribution in [0.4, 0.5) is 0 Å². The van der Waals surface area contributed by atoms with E-state index >= 15 is 0 Å². The number of ether oxygens (including phenoxy) is 1. The molecule has 0 saturated heterocycles. The minimum Gasteiger partial charge on any atom is -0.489 e. The zero-order chi connectivity index (χ0) is 12.1. The first-order valence-corrected chi connectivity index (χ1v) is 6.81. The predicted molar refractivity (Wildman–Crippen MR) is 71.8 cm³/mol. The van der Waals surface area contributed by atoms with Gasteiger partial charge in [-0.25, -0.2) is 0 Å². The average molecular weight is 254 g/mol. The van der Waals surface area contributed by atoms with Gasteiger partial charge in [-0.05, 0) is 37.5 Å². The van der Waals surface area contributed by atoms with Crippen LogP contribution in [0.2, 0.25) is 5.02 Å². The lowest BCUT2D eigenvalue weighted by atomic mass is 10.2. The van der Waals surface area contributed by atoms with Gasteiger partial charge < -0.3 is 10.1 Å². The Morgan fingerprint density at radius 1 is 1.47 bits per heavy atom. The Hall–Kier alpha value is -0.730. The molecule has 1 aliphatic carbocycles. The number of nitrogens with one attached hydrogen (secondary N) is 1. The van der Waals surface area contributed by atoms with Crippen LogP contribution >= 0.6 is 11.6 Å². The summed E-state index contributed by atoms with van der Waals surface area (Å²) in [6.45, 7) is 3.12. The molecule has 17 heavy (non-hydrogen) atoms. The van der Waals surface area contributed by atoms with Crippen LogP contribution in [0, 0.1) is 0 Å². The second kappa shape index (κ2) is 6.27. The lowest BCUT2D eigenvalue weighted by Gasteiger charge is -2.19. The van der Waals surface area contributed by atoms with E-state index in [1.54, 1.807) is 0 Å². The Bertz CT molecular complexity index is 352. The molecule has 1 unspecified atom stereocenters. The molecule has 3 heteroatoms. The molecule has 2 rings (SSSR count). The van der Waals surface area contributed by atoms with Crippen molar-refractivity contribution in [2.75, 3.05) is 6.54 Å². The van der Waals surface area contributed by atoms with Crippen LogP contribution in [0.5, 0.6) is 5.75 Å². The number of benzene rings is 1. The molecule has 0 aliphatic heterocycles. The molecular weight excluding hydrogens is 234 g/mol. The maximum absolute atomic E-state index is 5.97. The van der Waals surface area contributed by atoms with Crippen molar-refractivity contribution < 1.29 is 4.74 Å². The summed E-state index contributed by atoms with van der Waals surface area (Å²) < 4.78 is 5.97. The molecule has 0 heterocycles. The summed E-state index contributed by atoms with van der Waals surface area (Å²) in [6, 6.07) is 8.37. The van der Waals surface area contributed by atoms with Crippen molar-refractivity contribution in [1.82, 2.24) is 5.32 Å². The van der Waals surface area contributed by atoms with E-state index in [1.807, 2.05) is 24.3 Å².